The lowest BCUT2D eigenvalue weighted by atomic mass is 10.3. The highest BCUT2D eigenvalue weighted by molar-refractivity contribution is 6.30. The van der Waals surface area contributed by atoms with E-state index in [1.54, 1.807) is 0 Å². The molecule has 0 saturated carbocycles. The van der Waals surface area contributed by atoms with Crippen molar-refractivity contribution in [2.45, 2.75) is 13.5 Å². The van der Waals surface area contributed by atoms with Crippen LogP contribution in [-0.4, -0.2) is 34.0 Å². The zero-order chi connectivity index (χ0) is 12.4. The Labute approximate surface area is 106 Å². The molecule has 0 bridgehead atoms. The maximum absolute atomic E-state index is 5.97. The Hall–Kier alpha value is -1.39. The molecule has 0 spiro atoms. The second-order valence-corrected chi connectivity index (χ2v) is 4.69. The minimum absolute atomic E-state index is 0.701. The number of hydrogen-bond acceptors (Lipinski definition) is 3. The Balaban J connectivity index is 2.37. The molecule has 2 rings (SSSR count). The third-order valence-corrected chi connectivity index (χ3v) is 2.74. The van der Waals surface area contributed by atoms with E-state index >= 15 is 0 Å². The van der Waals surface area contributed by atoms with Crippen LogP contribution < -0.4 is 0 Å². The third kappa shape index (κ3) is 2.65. The summed E-state index contributed by atoms with van der Waals surface area (Å²) in [6.07, 6.45) is 0. The molecule has 0 fully saturated rings. The summed E-state index contributed by atoms with van der Waals surface area (Å²) in [5, 5.41) is 9.05. The zero-order valence-corrected chi connectivity index (χ0v) is 10.9. The van der Waals surface area contributed by atoms with Crippen LogP contribution in [0.3, 0.4) is 0 Å². The second kappa shape index (κ2) is 4.85. The van der Waals surface area contributed by atoms with Crippen LogP contribution in [0.1, 0.15) is 11.4 Å². The van der Waals surface area contributed by atoms with Crippen molar-refractivity contribution in [1.29, 1.82) is 0 Å². The topological polar surface area (TPSA) is 34.0 Å². The lowest BCUT2D eigenvalue weighted by Crippen LogP contribution is -2.12. The summed E-state index contributed by atoms with van der Waals surface area (Å²) in [5.74, 6) is 0. The Kier molecular flexibility index (Phi) is 3.45. The molecule has 0 saturated heterocycles. The van der Waals surface area contributed by atoms with Gasteiger partial charge in [-0.15, -0.1) is 5.10 Å². The van der Waals surface area contributed by atoms with E-state index in [1.807, 2.05) is 50.0 Å². The van der Waals surface area contributed by atoms with Gasteiger partial charge in [0.15, 0.2) is 0 Å². The van der Waals surface area contributed by atoms with Crippen LogP contribution in [0.5, 0.6) is 0 Å². The second-order valence-electron chi connectivity index (χ2n) is 4.25. The van der Waals surface area contributed by atoms with Gasteiger partial charge in [0.25, 0.3) is 0 Å². The Bertz CT molecular complexity index is 519. The van der Waals surface area contributed by atoms with Crippen LogP contribution in [0.15, 0.2) is 24.3 Å². The van der Waals surface area contributed by atoms with Crippen LogP contribution in [0, 0.1) is 6.92 Å². The molecule has 17 heavy (non-hydrogen) atoms. The molecule has 1 aromatic carbocycles. The first-order chi connectivity index (χ1) is 8.08. The average molecular weight is 251 g/mol. The van der Waals surface area contributed by atoms with Crippen LogP contribution in [-0.2, 0) is 6.54 Å². The molecule has 4 nitrogen and oxygen atoms in total. The molecule has 0 unspecified atom stereocenters. The van der Waals surface area contributed by atoms with Gasteiger partial charge in [0.2, 0.25) is 0 Å². The van der Waals surface area contributed by atoms with Gasteiger partial charge in [-0.2, -0.15) is 0 Å². The van der Waals surface area contributed by atoms with E-state index in [-0.39, 0.29) is 0 Å². The highest BCUT2D eigenvalue weighted by Gasteiger charge is 2.10. The Morgan fingerprint density at radius 3 is 2.76 bits per heavy atom. The van der Waals surface area contributed by atoms with Crippen LogP contribution in [0.4, 0.5) is 0 Å². The summed E-state index contributed by atoms with van der Waals surface area (Å²) < 4.78 is 1.81. The van der Waals surface area contributed by atoms with Crippen molar-refractivity contribution in [3.8, 4) is 5.69 Å². The molecule has 0 radical (unpaired) electrons. The molecular weight excluding hydrogens is 236 g/mol. The summed E-state index contributed by atoms with van der Waals surface area (Å²) in [4.78, 5) is 2.07. The van der Waals surface area contributed by atoms with Gasteiger partial charge in [0, 0.05) is 11.6 Å². The van der Waals surface area contributed by atoms with Gasteiger partial charge in [0.1, 0.15) is 5.69 Å². The van der Waals surface area contributed by atoms with Gasteiger partial charge in [-0.05, 0) is 39.2 Å². The SMILES string of the molecule is Cc1c(CN(C)C)nnn1-c1cccc(Cl)c1. The fraction of sp³-hybridized carbons (Fsp3) is 0.333. The van der Waals surface area contributed by atoms with Gasteiger partial charge in [-0.3, -0.25) is 0 Å². The molecule has 0 amide bonds. The summed E-state index contributed by atoms with van der Waals surface area (Å²) in [5.41, 5.74) is 2.96. The van der Waals surface area contributed by atoms with Crippen molar-refractivity contribution in [1.82, 2.24) is 19.9 Å². The molecule has 0 atom stereocenters. The maximum Gasteiger partial charge on any atom is 0.100 e. The van der Waals surface area contributed by atoms with E-state index in [9.17, 15) is 0 Å². The summed E-state index contributed by atoms with van der Waals surface area (Å²) >= 11 is 5.97. The lowest BCUT2D eigenvalue weighted by Gasteiger charge is -2.08. The standard InChI is InChI=1S/C12H15ClN4/c1-9-12(8-16(2)3)14-15-17(9)11-6-4-5-10(13)7-11/h4-7H,8H2,1-3H3. The molecule has 0 aliphatic heterocycles. The minimum Gasteiger partial charge on any atom is -0.303 e. The first-order valence-electron chi connectivity index (χ1n) is 5.40. The average Bonchev–Trinajstić information content (AvgIpc) is 2.60. The van der Waals surface area contributed by atoms with E-state index < -0.39 is 0 Å². The van der Waals surface area contributed by atoms with Crippen molar-refractivity contribution in [2.24, 2.45) is 0 Å². The van der Waals surface area contributed by atoms with Gasteiger partial charge in [0.05, 0.1) is 11.4 Å². The van der Waals surface area contributed by atoms with E-state index in [1.165, 1.54) is 0 Å². The normalized spacial score (nSPS) is 11.1. The maximum atomic E-state index is 5.97. The van der Waals surface area contributed by atoms with E-state index in [0.717, 1.165) is 23.6 Å². The minimum atomic E-state index is 0.701. The van der Waals surface area contributed by atoms with Gasteiger partial charge < -0.3 is 4.90 Å². The van der Waals surface area contributed by atoms with E-state index in [2.05, 4.69) is 15.2 Å². The number of hydrogen-bond donors (Lipinski definition) is 0. The summed E-state index contributed by atoms with van der Waals surface area (Å²) in [6.45, 7) is 2.80. The van der Waals surface area contributed by atoms with Gasteiger partial charge in [-0.25, -0.2) is 4.68 Å². The fourth-order valence-electron chi connectivity index (χ4n) is 1.66. The third-order valence-electron chi connectivity index (χ3n) is 2.51. The Morgan fingerprint density at radius 2 is 2.12 bits per heavy atom. The van der Waals surface area contributed by atoms with E-state index in [0.29, 0.717) is 5.02 Å². The smallest absolute Gasteiger partial charge is 0.100 e. The molecule has 90 valence electrons. The molecule has 0 N–H and O–H groups in total. The molecule has 1 aromatic heterocycles. The molecule has 0 aliphatic carbocycles. The van der Waals surface area contributed by atoms with Gasteiger partial charge >= 0.3 is 0 Å². The lowest BCUT2D eigenvalue weighted by molar-refractivity contribution is 0.395. The zero-order valence-electron chi connectivity index (χ0n) is 10.2. The largest absolute Gasteiger partial charge is 0.303 e. The van der Waals surface area contributed by atoms with Crippen molar-refractivity contribution < 1.29 is 0 Å². The predicted octanol–water partition coefficient (Wildman–Crippen LogP) is 2.29. The van der Waals surface area contributed by atoms with Crippen molar-refractivity contribution in [3.05, 3.63) is 40.7 Å². The van der Waals surface area contributed by atoms with Crippen molar-refractivity contribution in [2.75, 3.05) is 14.1 Å². The fourth-order valence-corrected chi connectivity index (χ4v) is 1.84. The van der Waals surface area contributed by atoms with Crippen LogP contribution >= 0.6 is 11.6 Å². The molecular formula is C12H15ClN4. The first-order valence-corrected chi connectivity index (χ1v) is 5.77. The Morgan fingerprint density at radius 1 is 1.35 bits per heavy atom. The predicted molar refractivity (Wildman–Crippen MR) is 68.5 cm³/mol. The highest BCUT2D eigenvalue weighted by atomic mass is 35.5. The summed E-state index contributed by atoms with van der Waals surface area (Å²) in [6, 6.07) is 7.60. The quantitative estimate of drug-likeness (QED) is 0.838. The van der Waals surface area contributed by atoms with Gasteiger partial charge in [-0.1, -0.05) is 22.9 Å². The number of halogens is 1. The monoisotopic (exact) mass is 250 g/mol. The molecule has 5 heteroatoms. The van der Waals surface area contributed by atoms with E-state index in [4.69, 9.17) is 11.6 Å². The number of benzene rings is 1. The first kappa shape index (κ1) is 12.1. The summed E-state index contributed by atoms with van der Waals surface area (Å²) in [7, 11) is 4.02. The molecule has 1 heterocycles. The number of nitrogens with zero attached hydrogens (tertiary/aromatic N) is 4. The van der Waals surface area contributed by atoms with Crippen molar-refractivity contribution in [3.63, 3.8) is 0 Å². The van der Waals surface area contributed by atoms with Crippen molar-refractivity contribution >= 4 is 11.6 Å². The number of aromatic nitrogens is 3. The molecule has 2 aromatic rings. The highest BCUT2D eigenvalue weighted by Crippen LogP contribution is 2.17. The number of rotatable bonds is 3. The molecule has 0 aliphatic rings. The van der Waals surface area contributed by atoms with Crippen LogP contribution in [0.25, 0.3) is 5.69 Å². The van der Waals surface area contributed by atoms with Crippen LogP contribution in [0.2, 0.25) is 5.02 Å².